The van der Waals surface area contributed by atoms with Crippen molar-refractivity contribution in [2.45, 2.75) is 39.7 Å². The molecule has 0 bridgehead atoms. The van der Waals surface area contributed by atoms with Crippen LogP contribution in [0.5, 0.6) is 0 Å². The second kappa shape index (κ2) is 4.84. The number of carboxylic acid groups (broad SMARTS) is 1. The van der Waals surface area contributed by atoms with Gasteiger partial charge in [-0.05, 0) is 35.6 Å². The lowest BCUT2D eigenvalue weighted by Gasteiger charge is -2.07. The monoisotopic (exact) mass is 245 g/mol. The smallest absolute Gasteiger partial charge is 0.323 e. The fraction of sp³-hybridized carbons (Fsp3) is 0.400. The van der Waals surface area contributed by atoms with E-state index in [9.17, 15) is 4.79 Å². The summed E-state index contributed by atoms with van der Waals surface area (Å²) in [5.41, 5.74) is 3.53. The Kier molecular flexibility index (Phi) is 3.41. The van der Waals surface area contributed by atoms with Gasteiger partial charge in [0.2, 0.25) is 0 Å². The minimum atomic E-state index is -0.803. The third kappa shape index (κ3) is 2.26. The molecule has 1 heterocycles. The van der Waals surface area contributed by atoms with Crippen LogP contribution >= 0.6 is 0 Å². The van der Waals surface area contributed by atoms with Gasteiger partial charge in [0, 0.05) is 17.1 Å². The second-order valence-electron chi connectivity index (χ2n) is 4.96. The van der Waals surface area contributed by atoms with Crippen molar-refractivity contribution in [3.63, 3.8) is 0 Å². The Morgan fingerprint density at radius 1 is 1.39 bits per heavy atom. The molecule has 0 saturated carbocycles. The standard InChI is InChI=1S/C15H19NO2/c1-4-11-8-16(9-15(17)18)14-6-5-12(10(2)3)7-13(11)14/h5-8,10H,4,9H2,1-3H3,(H,17,18). The number of aliphatic carboxylic acids is 1. The highest BCUT2D eigenvalue weighted by molar-refractivity contribution is 5.86. The van der Waals surface area contributed by atoms with Crippen molar-refractivity contribution in [2.24, 2.45) is 0 Å². The largest absolute Gasteiger partial charge is 0.480 e. The maximum atomic E-state index is 10.9. The molecule has 0 amide bonds. The van der Waals surface area contributed by atoms with Crippen molar-refractivity contribution in [1.82, 2.24) is 4.57 Å². The van der Waals surface area contributed by atoms with Gasteiger partial charge in [-0.3, -0.25) is 4.79 Å². The molecule has 2 rings (SSSR count). The summed E-state index contributed by atoms with van der Waals surface area (Å²) in [5.74, 6) is -0.315. The first-order valence-electron chi connectivity index (χ1n) is 6.36. The van der Waals surface area contributed by atoms with Crippen LogP contribution in [0.3, 0.4) is 0 Å². The summed E-state index contributed by atoms with van der Waals surface area (Å²) in [7, 11) is 0. The van der Waals surface area contributed by atoms with Crippen LogP contribution < -0.4 is 0 Å². The van der Waals surface area contributed by atoms with Gasteiger partial charge in [0.05, 0.1) is 0 Å². The van der Waals surface area contributed by atoms with Gasteiger partial charge < -0.3 is 9.67 Å². The average Bonchev–Trinajstić information content (AvgIpc) is 2.66. The lowest BCUT2D eigenvalue weighted by atomic mass is 10.00. The van der Waals surface area contributed by atoms with Crippen molar-refractivity contribution in [3.8, 4) is 0 Å². The molecule has 0 fully saturated rings. The Morgan fingerprint density at radius 3 is 2.67 bits per heavy atom. The first-order chi connectivity index (χ1) is 8.52. The van der Waals surface area contributed by atoms with Gasteiger partial charge in [-0.15, -0.1) is 0 Å². The van der Waals surface area contributed by atoms with E-state index >= 15 is 0 Å². The zero-order valence-corrected chi connectivity index (χ0v) is 11.1. The fourth-order valence-electron chi connectivity index (χ4n) is 2.31. The molecule has 3 heteroatoms. The highest BCUT2D eigenvalue weighted by Gasteiger charge is 2.11. The molecular weight excluding hydrogens is 226 g/mol. The van der Waals surface area contributed by atoms with Crippen molar-refractivity contribution < 1.29 is 9.90 Å². The highest BCUT2D eigenvalue weighted by atomic mass is 16.4. The number of rotatable bonds is 4. The number of carboxylic acids is 1. The van der Waals surface area contributed by atoms with Gasteiger partial charge in [-0.1, -0.05) is 26.8 Å². The van der Waals surface area contributed by atoms with Crippen molar-refractivity contribution >= 4 is 16.9 Å². The minimum Gasteiger partial charge on any atom is -0.480 e. The van der Waals surface area contributed by atoms with Gasteiger partial charge >= 0.3 is 5.97 Å². The normalized spacial score (nSPS) is 11.3. The number of aromatic nitrogens is 1. The molecule has 0 aliphatic heterocycles. The zero-order chi connectivity index (χ0) is 13.3. The van der Waals surface area contributed by atoms with Crippen LogP contribution in [0, 0.1) is 0 Å². The Balaban J connectivity index is 2.59. The van der Waals surface area contributed by atoms with Crippen LogP contribution in [0.2, 0.25) is 0 Å². The van der Waals surface area contributed by atoms with E-state index < -0.39 is 5.97 Å². The maximum absolute atomic E-state index is 10.9. The summed E-state index contributed by atoms with van der Waals surface area (Å²) in [6.45, 7) is 6.46. The van der Waals surface area contributed by atoms with Crippen molar-refractivity contribution in [1.29, 1.82) is 0 Å². The van der Waals surface area contributed by atoms with E-state index in [1.165, 1.54) is 16.5 Å². The molecule has 1 aromatic heterocycles. The molecule has 2 aromatic rings. The number of nitrogens with zero attached hydrogens (tertiary/aromatic N) is 1. The Bertz CT molecular complexity index is 581. The highest BCUT2D eigenvalue weighted by Crippen LogP contribution is 2.26. The molecule has 0 unspecified atom stereocenters. The van der Waals surface area contributed by atoms with Gasteiger partial charge in [0.1, 0.15) is 6.54 Å². The summed E-state index contributed by atoms with van der Waals surface area (Å²) in [6, 6.07) is 6.31. The van der Waals surface area contributed by atoms with Crippen LogP contribution in [0.15, 0.2) is 24.4 Å². The zero-order valence-electron chi connectivity index (χ0n) is 11.1. The third-order valence-electron chi connectivity index (χ3n) is 3.34. The van der Waals surface area contributed by atoms with Crippen molar-refractivity contribution in [3.05, 3.63) is 35.5 Å². The predicted molar refractivity (Wildman–Crippen MR) is 73.0 cm³/mol. The fourth-order valence-corrected chi connectivity index (χ4v) is 2.31. The number of hydrogen-bond acceptors (Lipinski definition) is 1. The second-order valence-corrected chi connectivity index (χ2v) is 4.96. The topological polar surface area (TPSA) is 42.2 Å². The Hall–Kier alpha value is -1.77. The van der Waals surface area contributed by atoms with Crippen LogP contribution in [0.25, 0.3) is 10.9 Å². The first kappa shape index (κ1) is 12.7. The SMILES string of the molecule is CCc1cn(CC(=O)O)c2ccc(C(C)C)cc12. The first-order valence-corrected chi connectivity index (χ1v) is 6.36. The molecule has 1 N–H and O–H groups in total. The lowest BCUT2D eigenvalue weighted by Crippen LogP contribution is -2.07. The quantitative estimate of drug-likeness (QED) is 0.896. The molecule has 3 nitrogen and oxygen atoms in total. The van der Waals surface area contributed by atoms with E-state index in [-0.39, 0.29) is 6.54 Å². The molecule has 0 atom stereocenters. The number of aryl methyl sites for hydroxylation is 1. The average molecular weight is 245 g/mol. The van der Waals surface area contributed by atoms with E-state index in [1.807, 2.05) is 16.8 Å². The number of benzene rings is 1. The Labute approximate surface area is 107 Å². The van der Waals surface area contributed by atoms with Crippen molar-refractivity contribution in [2.75, 3.05) is 0 Å². The Morgan fingerprint density at radius 2 is 2.11 bits per heavy atom. The summed E-state index contributed by atoms with van der Waals surface area (Å²) in [5, 5.41) is 10.1. The van der Waals surface area contributed by atoms with E-state index in [2.05, 4.69) is 32.9 Å². The van der Waals surface area contributed by atoms with E-state index in [1.54, 1.807) is 0 Å². The molecule has 0 aliphatic carbocycles. The molecule has 96 valence electrons. The molecule has 0 spiro atoms. The van der Waals surface area contributed by atoms with Gasteiger partial charge in [0.15, 0.2) is 0 Å². The molecular formula is C15H19NO2. The van der Waals surface area contributed by atoms with E-state index in [4.69, 9.17) is 5.11 Å². The number of carbonyl (C=O) groups is 1. The van der Waals surface area contributed by atoms with Crippen LogP contribution in [0.1, 0.15) is 37.8 Å². The van der Waals surface area contributed by atoms with Gasteiger partial charge in [0.25, 0.3) is 0 Å². The lowest BCUT2D eigenvalue weighted by molar-refractivity contribution is -0.137. The summed E-state index contributed by atoms with van der Waals surface area (Å²) >= 11 is 0. The van der Waals surface area contributed by atoms with E-state index in [0.717, 1.165) is 11.9 Å². The van der Waals surface area contributed by atoms with Crippen LogP contribution in [-0.4, -0.2) is 15.6 Å². The maximum Gasteiger partial charge on any atom is 0.323 e. The van der Waals surface area contributed by atoms with Crippen LogP contribution in [0.4, 0.5) is 0 Å². The van der Waals surface area contributed by atoms with Crippen LogP contribution in [-0.2, 0) is 17.8 Å². The number of fused-ring (bicyclic) bond motifs is 1. The summed E-state index contributed by atoms with van der Waals surface area (Å²) < 4.78 is 1.82. The predicted octanol–water partition coefficient (Wildman–Crippen LogP) is 3.41. The molecule has 1 aromatic carbocycles. The summed E-state index contributed by atoms with van der Waals surface area (Å²) in [6.07, 6.45) is 2.88. The molecule has 0 radical (unpaired) electrons. The molecule has 0 aliphatic rings. The van der Waals surface area contributed by atoms with E-state index in [0.29, 0.717) is 5.92 Å². The molecule has 18 heavy (non-hydrogen) atoms. The number of hydrogen-bond donors (Lipinski definition) is 1. The summed E-state index contributed by atoms with van der Waals surface area (Å²) in [4.78, 5) is 10.9. The minimum absolute atomic E-state index is 0.0253. The van der Waals surface area contributed by atoms with Gasteiger partial charge in [-0.2, -0.15) is 0 Å². The van der Waals surface area contributed by atoms with Gasteiger partial charge in [-0.25, -0.2) is 0 Å². The third-order valence-corrected chi connectivity index (χ3v) is 3.34. The molecule has 0 saturated heterocycles.